The molecule has 0 radical (unpaired) electrons. The largest absolute Gasteiger partial charge is 0.371 e. The maximum absolute atomic E-state index is 12.6. The van der Waals surface area contributed by atoms with E-state index in [1.165, 1.54) is 18.7 Å². The van der Waals surface area contributed by atoms with Crippen LogP contribution in [-0.2, 0) is 14.4 Å². The second kappa shape index (κ2) is 10.3. The zero-order chi connectivity index (χ0) is 22.4. The molecule has 1 aliphatic heterocycles. The first kappa shape index (κ1) is 22.7. The molecule has 1 fully saturated rings. The van der Waals surface area contributed by atoms with E-state index in [-0.39, 0.29) is 28.9 Å². The van der Waals surface area contributed by atoms with Crippen LogP contribution in [0.3, 0.4) is 0 Å². The molecule has 3 amide bonds. The van der Waals surface area contributed by atoms with Crippen molar-refractivity contribution in [1.29, 1.82) is 0 Å². The van der Waals surface area contributed by atoms with Crippen molar-refractivity contribution in [2.75, 3.05) is 28.6 Å². The first-order chi connectivity index (χ1) is 14.8. The molecule has 4 N–H and O–H groups in total. The first-order valence-corrected chi connectivity index (χ1v) is 11.2. The third-order valence-corrected chi connectivity index (χ3v) is 6.37. The van der Waals surface area contributed by atoms with Crippen LogP contribution < -0.4 is 21.3 Å². The number of benzene rings is 2. The van der Waals surface area contributed by atoms with E-state index in [0.29, 0.717) is 0 Å². The van der Waals surface area contributed by atoms with E-state index in [9.17, 15) is 14.4 Å². The number of rotatable bonds is 7. The Balaban J connectivity index is 1.50. The SMILES string of the molecule is CC(=O)Nc1ccc(SC(C)C(=O)Nc2ccc(N3CCC(C(N)=O)CC3)cc2)cc1. The number of carbonyl (C=O) groups excluding carboxylic acids is 3. The molecule has 31 heavy (non-hydrogen) atoms. The Morgan fingerprint density at radius 1 is 0.968 bits per heavy atom. The number of anilines is 3. The minimum absolute atomic E-state index is 0.0320. The van der Waals surface area contributed by atoms with E-state index in [1.807, 2.05) is 55.5 Å². The van der Waals surface area contributed by atoms with E-state index >= 15 is 0 Å². The number of nitrogens with one attached hydrogen (secondary N) is 2. The Hall–Kier alpha value is -3.00. The van der Waals surface area contributed by atoms with Gasteiger partial charge in [0, 0.05) is 47.9 Å². The van der Waals surface area contributed by atoms with Gasteiger partial charge in [0.15, 0.2) is 0 Å². The van der Waals surface area contributed by atoms with Gasteiger partial charge in [-0.1, -0.05) is 0 Å². The summed E-state index contributed by atoms with van der Waals surface area (Å²) < 4.78 is 0. The first-order valence-electron chi connectivity index (χ1n) is 10.3. The normalized spacial score (nSPS) is 15.2. The molecule has 1 aliphatic rings. The van der Waals surface area contributed by atoms with Gasteiger partial charge < -0.3 is 21.3 Å². The van der Waals surface area contributed by atoms with Gasteiger partial charge >= 0.3 is 0 Å². The van der Waals surface area contributed by atoms with Gasteiger partial charge in [-0.15, -0.1) is 11.8 Å². The summed E-state index contributed by atoms with van der Waals surface area (Å²) in [5.41, 5.74) is 7.95. The van der Waals surface area contributed by atoms with Gasteiger partial charge in [0.2, 0.25) is 17.7 Å². The Labute approximate surface area is 186 Å². The Kier molecular flexibility index (Phi) is 7.57. The van der Waals surface area contributed by atoms with Crippen molar-refractivity contribution in [3.63, 3.8) is 0 Å². The van der Waals surface area contributed by atoms with Crippen molar-refractivity contribution >= 4 is 46.5 Å². The van der Waals surface area contributed by atoms with Crippen LogP contribution in [0.15, 0.2) is 53.4 Å². The van der Waals surface area contributed by atoms with Crippen molar-refractivity contribution < 1.29 is 14.4 Å². The van der Waals surface area contributed by atoms with Crippen LogP contribution in [0, 0.1) is 5.92 Å². The number of nitrogens with two attached hydrogens (primary N) is 1. The number of hydrogen-bond donors (Lipinski definition) is 3. The summed E-state index contributed by atoms with van der Waals surface area (Å²) in [7, 11) is 0. The summed E-state index contributed by atoms with van der Waals surface area (Å²) in [6.07, 6.45) is 1.54. The zero-order valence-corrected chi connectivity index (χ0v) is 18.6. The maximum atomic E-state index is 12.6. The average Bonchev–Trinajstić information content (AvgIpc) is 2.75. The Morgan fingerprint density at radius 3 is 2.06 bits per heavy atom. The standard InChI is InChI=1S/C23H28N4O3S/c1-15(31-21-9-5-18(6-10-21)25-16(2)28)23(30)26-19-3-7-20(8-4-19)27-13-11-17(12-14-27)22(24)29/h3-10,15,17H,11-14H2,1-2H3,(H2,24,29)(H,25,28)(H,26,30). The third kappa shape index (κ3) is 6.49. The van der Waals surface area contributed by atoms with Gasteiger partial charge in [-0.25, -0.2) is 0 Å². The molecule has 3 rings (SSSR count). The fourth-order valence-electron chi connectivity index (χ4n) is 3.50. The molecule has 0 spiro atoms. The van der Waals surface area contributed by atoms with Crippen molar-refractivity contribution in [2.45, 2.75) is 36.8 Å². The quantitative estimate of drug-likeness (QED) is 0.572. The highest BCUT2D eigenvalue weighted by Crippen LogP contribution is 2.27. The van der Waals surface area contributed by atoms with Crippen LogP contribution in [0.5, 0.6) is 0 Å². The predicted molar refractivity (Wildman–Crippen MR) is 125 cm³/mol. The second-order valence-corrected chi connectivity index (χ2v) is 9.08. The van der Waals surface area contributed by atoms with Gasteiger partial charge in [0.05, 0.1) is 5.25 Å². The lowest BCUT2D eigenvalue weighted by Gasteiger charge is -2.32. The van der Waals surface area contributed by atoms with Gasteiger partial charge in [-0.2, -0.15) is 0 Å². The van der Waals surface area contributed by atoms with Gasteiger partial charge in [-0.3, -0.25) is 14.4 Å². The highest BCUT2D eigenvalue weighted by atomic mass is 32.2. The molecule has 0 aliphatic carbocycles. The molecule has 2 aromatic rings. The van der Waals surface area contributed by atoms with E-state index in [0.717, 1.165) is 47.9 Å². The van der Waals surface area contributed by atoms with E-state index in [4.69, 9.17) is 5.73 Å². The molecule has 164 valence electrons. The molecule has 1 heterocycles. The predicted octanol–water partition coefficient (Wildman–Crippen LogP) is 3.47. The number of thioether (sulfide) groups is 1. The van der Waals surface area contributed by atoms with Gasteiger partial charge in [-0.05, 0) is 68.3 Å². The molecule has 0 bridgehead atoms. The minimum Gasteiger partial charge on any atom is -0.371 e. The second-order valence-electron chi connectivity index (χ2n) is 7.67. The van der Waals surface area contributed by atoms with Crippen LogP contribution in [0.1, 0.15) is 26.7 Å². The Bertz CT molecular complexity index is 923. The lowest BCUT2D eigenvalue weighted by atomic mass is 9.96. The third-order valence-electron chi connectivity index (χ3n) is 5.25. The number of primary amides is 1. The molecular weight excluding hydrogens is 412 g/mol. The fraction of sp³-hybridized carbons (Fsp3) is 0.348. The van der Waals surface area contributed by atoms with Crippen LogP contribution in [-0.4, -0.2) is 36.1 Å². The lowest BCUT2D eigenvalue weighted by Crippen LogP contribution is -2.38. The maximum Gasteiger partial charge on any atom is 0.237 e. The molecule has 0 saturated carbocycles. The summed E-state index contributed by atoms with van der Waals surface area (Å²) in [5, 5.41) is 5.40. The smallest absolute Gasteiger partial charge is 0.237 e. The summed E-state index contributed by atoms with van der Waals surface area (Å²) >= 11 is 1.46. The molecule has 7 nitrogen and oxygen atoms in total. The molecular formula is C23H28N4O3S. The molecule has 2 aromatic carbocycles. The van der Waals surface area contributed by atoms with E-state index in [1.54, 1.807) is 0 Å². The lowest BCUT2D eigenvalue weighted by molar-refractivity contribution is -0.122. The summed E-state index contributed by atoms with van der Waals surface area (Å²) in [6.45, 7) is 4.92. The van der Waals surface area contributed by atoms with Crippen LogP contribution >= 0.6 is 11.8 Å². The average molecular weight is 441 g/mol. The topological polar surface area (TPSA) is 105 Å². The van der Waals surface area contributed by atoms with Crippen molar-refractivity contribution in [3.05, 3.63) is 48.5 Å². The number of piperidine rings is 1. The van der Waals surface area contributed by atoms with Gasteiger partial charge in [0.25, 0.3) is 0 Å². The van der Waals surface area contributed by atoms with Crippen LogP contribution in [0.2, 0.25) is 0 Å². The van der Waals surface area contributed by atoms with Crippen molar-refractivity contribution in [1.82, 2.24) is 0 Å². The highest BCUT2D eigenvalue weighted by molar-refractivity contribution is 8.00. The number of hydrogen-bond acceptors (Lipinski definition) is 5. The van der Waals surface area contributed by atoms with E-state index < -0.39 is 0 Å². The van der Waals surface area contributed by atoms with Crippen molar-refractivity contribution in [3.8, 4) is 0 Å². The number of carbonyl (C=O) groups is 3. The molecule has 0 aromatic heterocycles. The zero-order valence-electron chi connectivity index (χ0n) is 17.8. The minimum atomic E-state index is -0.279. The highest BCUT2D eigenvalue weighted by Gasteiger charge is 2.23. The molecule has 8 heteroatoms. The summed E-state index contributed by atoms with van der Waals surface area (Å²) in [4.78, 5) is 38.2. The van der Waals surface area contributed by atoms with Crippen molar-refractivity contribution in [2.24, 2.45) is 11.7 Å². The summed E-state index contributed by atoms with van der Waals surface area (Å²) in [5.74, 6) is -0.441. The summed E-state index contributed by atoms with van der Waals surface area (Å²) in [6, 6.07) is 15.2. The van der Waals surface area contributed by atoms with Gasteiger partial charge in [0.1, 0.15) is 0 Å². The molecule has 1 atom stereocenters. The number of amides is 3. The van der Waals surface area contributed by atoms with Crippen LogP contribution in [0.4, 0.5) is 17.1 Å². The molecule has 1 saturated heterocycles. The fourth-order valence-corrected chi connectivity index (χ4v) is 4.37. The monoisotopic (exact) mass is 440 g/mol. The van der Waals surface area contributed by atoms with E-state index in [2.05, 4.69) is 15.5 Å². The molecule has 1 unspecified atom stereocenters. The number of nitrogens with zero attached hydrogens (tertiary/aromatic N) is 1. The van der Waals surface area contributed by atoms with Crippen LogP contribution in [0.25, 0.3) is 0 Å². The Morgan fingerprint density at radius 2 is 1.52 bits per heavy atom.